The van der Waals surface area contributed by atoms with E-state index in [0.717, 1.165) is 34.4 Å². The Hall–Kier alpha value is -3.25. The highest BCUT2D eigenvalue weighted by Crippen LogP contribution is 2.31. The van der Waals surface area contributed by atoms with Gasteiger partial charge in [-0.05, 0) is 49.9 Å². The second-order valence-electron chi connectivity index (χ2n) is 7.82. The Labute approximate surface area is 185 Å². The molecule has 0 aliphatic carbocycles. The summed E-state index contributed by atoms with van der Waals surface area (Å²) in [4.78, 5) is 31.4. The third-order valence-electron chi connectivity index (χ3n) is 5.63. The summed E-state index contributed by atoms with van der Waals surface area (Å²) >= 11 is 1.44. The summed E-state index contributed by atoms with van der Waals surface area (Å²) in [5, 5.41) is 5.46. The number of fused-ring (bicyclic) bond motifs is 1. The van der Waals surface area contributed by atoms with Crippen LogP contribution in [0.3, 0.4) is 0 Å². The summed E-state index contributed by atoms with van der Waals surface area (Å²) in [7, 11) is 0. The largest absolute Gasteiger partial charge is 0.324 e. The Morgan fingerprint density at radius 2 is 1.90 bits per heavy atom. The van der Waals surface area contributed by atoms with Crippen LogP contribution >= 0.6 is 11.3 Å². The van der Waals surface area contributed by atoms with Gasteiger partial charge in [0.15, 0.2) is 0 Å². The SMILES string of the molecule is CCc1ccc(-c2csc3ncn(C(C)C(=O)Nc4ccc(C)cc4C)c(=O)c23)cc1. The van der Waals surface area contributed by atoms with E-state index in [4.69, 9.17) is 0 Å². The number of hydrogen-bond acceptors (Lipinski definition) is 4. The van der Waals surface area contributed by atoms with Gasteiger partial charge in [-0.25, -0.2) is 4.98 Å². The summed E-state index contributed by atoms with van der Waals surface area (Å²) in [5.41, 5.74) is 5.74. The predicted molar refractivity (Wildman–Crippen MR) is 128 cm³/mol. The Balaban J connectivity index is 1.69. The molecule has 5 nitrogen and oxygen atoms in total. The van der Waals surface area contributed by atoms with Gasteiger partial charge >= 0.3 is 0 Å². The van der Waals surface area contributed by atoms with Crippen molar-refractivity contribution >= 4 is 33.1 Å². The molecule has 0 fully saturated rings. The van der Waals surface area contributed by atoms with E-state index in [9.17, 15) is 9.59 Å². The van der Waals surface area contributed by atoms with Gasteiger partial charge in [0, 0.05) is 16.6 Å². The first kappa shape index (κ1) is 21.0. The minimum Gasteiger partial charge on any atom is -0.324 e. The van der Waals surface area contributed by atoms with Gasteiger partial charge in [0.05, 0.1) is 11.7 Å². The molecule has 0 spiro atoms. The molecule has 4 aromatic rings. The van der Waals surface area contributed by atoms with Crippen LogP contribution in [0.5, 0.6) is 0 Å². The van der Waals surface area contributed by atoms with E-state index in [-0.39, 0.29) is 11.5 Å². The maximum atomic E-state index is 13.4. The van der Waals surface area contributed by atoms with E-state index in [1.54, 1.807) is 6.92 Å². The zero-order valence-electron chi connectivity index (χ0n) is 18.1. The fourth-order valence-corrected chi connectivity index (χ4v) is 4.58. The highest BCUT2D eigenvalue weighted by atomic mass is 32.1. The fourth-order valence-electron chi connectivity index (χ4n) is 3.67. The van der Waals surface area contributed by atoms with Crippen LogP contribution in [0.2, 0.25) is 0 Å². The molecule has 6 heteroatoms. The van der Waals surface area contributed by atoms with Crippen molar-refractivity contribution in [2.24, 2.45) is 0 Å². The van der Waals surface area contributed by atoms with Crippen LogP contribution < -0.4 is 10.9 Å². The first-order valence-corrected chi connectivity index (χ1v) is 11.2. The van der Waals surface area contributed by atoms with Gasteiger partial charge in [-0.2, -0.15) is 0 Å². The smallest absolute Gasteiger partial charge is 0.263 e. The van der Waals surface area contributed by atoms with Crippen molar-refractivity contribution in [3.05, 3.63) is 81.2 Å². The summed E-state index contributed by atoms with van der Waals surface area (Å²) in [6.45, 7) is 7.79. The molecule has 2 aromatic heterocycles. The number of aryl methyl sites for hydroxylation is 3. The van der Waals surface area contributed by atoms with Crippen LogP contribution in [0, 0.1) is 13.8 Å². The number of nitrogens with zero attached hydrogens (tertiary/aromatic N) is 2. The van der Waals surface area contributed by atoms with Crippen LogP contribution in [0.25, 0.3) is 21.3 Å². The predicted octanol–water partition coefficient (Wildman–Crippen LogP) is 5.50. The number of thiophene rings is 1. The molecule has 158 valence electrons. The lowest BCUT2D eigenvalue weighted by Crippen LogP contribution is -2.31. The Morgan fingerprint density at radius 1 is 1.16 bits per heavy atom. The van der Waals surface area contributed by atoms with Crippen molar-refractivity contribution in [1.29, 1.82) is 0 Å². The molecule has 4 rings (SSSR count). The molecule has 0 saturated heterocycles. The van der Waals surface area contributed by atoms with Crippen LogP contribution in [0.15, 0.2) is 59.0 Å². The van der Waals surface area contributed by atoms with Gasteiger partial charge < -0.3 is 5.32 Å². The number of hydrogen-bond donors (Lipinski definition) is 1. The number of aromatic nitrogens is 2. The number of rotatable bonds is 5. The van der Waals surface area contributed by atoms with E-state index in [1.165, 1.54) is 27.8 Å². The van der Waals surface area contributed by atoms with Gasteiger partial charge in [0.1, 0.15) is 10.9 Å². The molecule has 1 unspecified atom stereocenters. The number of nitrogens with one attached hydrogen (secondary N) is 1. The summed E-state index contributed by atoms with van der Waals surface area (Å²) in [5.74, 6) is -0.251. The Morgan fingerprint density at radius 3 is 2.58 bits per heavy atom. The van der Waals surface area contributed by atoms with Gasteiger partial charge in [-0.1, -0.05) is 48.9 Å². The molecule has 0 aliphatic rings. The van der Waals surface area contributed by atoms with E-state index in [2.05, 4.69) is 29.4 Å². The summed E-state index contributed by atoms with van der Waals surface area (Å²) in [6, 6.07) is 13.4. The van der Waals surface area contributed by atoms with Gasteiger partial charge in [-0.3, -0.25) is 14.2 Å². The average Bonchev–Trinajstić information content (AvgIpc) is 3.20. The van der Waals surface area contributed by atoms with E-state index in [0.29, 0.717) is 10.2 Å². The van der Waals surface area contributed by atoms with Crippen molar-refractivity contribution < 1.29 is 4.79 Å². The van der Waals surface area contributed by atoms with E-state index < -0.39 is 6.04 Å². The molecule has 1 amide bonds. The van der Waals surface area contributed by atoms with Gasteiger partial charge in [-0.15, -0.1) is 11.3 Å². The van der Waals surface area contributed by atoms with Crippen LogP contribution in [-0.4, -0.2) is 15.5 Å². The molecular weight excluding hydrogens is 406 g/mol. The minimum absolute atomic E-state index is 0.205. The van der Waals surface area contributed by atoms with Gasteiger partial charge in [0.2, 0.25) is 5.91 Å². The normalized spacial score (nSPS) is 12.1. The van der Waals surface area contributed by atoms with E-state index in [1.807, 2.05) is 49.6 Å². The Kier molecular flexibility index (Phi) is 5.74. The number of anilines is 1. The second kappa shape index (κ2) is 8.47. The molecule has 2 aromatic carbocycles. The third-order valence-corrected chi connectivity index (χ3v) is 6.52. The molecule has 2 heterocycles. The molecular formula is C25H25N3O2S. The molecule has 1 atom stereocenters. The average molecular weight is 432 g/mol. The topological polar surface area (TPSA) is 64.0 Å². The lowest BCUT2D eigenvalue weighted by Gasteiger charge is -2.16. The van der Waals surface area contributed by atoms with Crippen molar-refractivity contribution in [3.8, 4) is 11.1 Å². The molecule has 0 bridgehead atoms. The zero-order valence-corrected chi connectivity index (χ0v) is 18.9. The van der Waals surface area contributed by atoms with Crippen LogP contribution in [0.4, 0.5) is 5.69 Å². The Bertz CT molecular complexity index is 1320. The number of amides is 1. The molecule has 0 aliphatic heterocycles. The third kappa shape index (κ3) is 4.03. The maximum absolute atomic E-state index is 13.4. The van der Waals surface area contributed by atoms with Crippen LogP contribution in [0.1, 0.15) is 36.6 Å². The monoisotopic (exact) mass is 431 g/mol. The lowest BCUT2D eigenvalue weighted by atomic mass is 10.0. The van der Waals surface area contributed by atoms with Crippen molar-refractivity contribution in [3.63, 3.8) is 0 Å². The molecule has 0 saturated carbocycles. The first-order valence-electron chi connectivity index (χ1n) is 10.3. The first-order chi connectivity index (χ1) is 14.9. The van der Waals surface area contributed by atoms with Gasteiger partial charge in [0.25, 0.3) is 5.56 Å². The molecule has 31 heavy (non-hydrogen) atoms. The fraction of sp³-hybridized carbons (Fsp3) is 0.240. The maximum Gasteiger partial charge on any atom is 0.263 e. The zero-order chi connectivity index (χ0) is 22.1. The second-order valence-corrected chi connectivity index (χ2v) is 8.68. The number of carbonyl (C=O) groups excluding carboxylic acids is 1. The lowest BCUT2D eigenvalue weighted by molar-refractivity contribution is -0.118. The van der Waals surface area contributed by atoms with E-state index >= 15 is 0 Å². The van der Waals surface area contributed by atoms with Crippen molar-refractivity contribution in [2.45, 2.75) is 40.2 Å². The number of carbonyl (C=O) groups is 1. The van der Waals surface area contributed by atoms with Crippen molar-refractivity contribution in [2.75, 3.05) is 5.32 Å². The quantitative estimate of drug-likeness (QED) is 0.453. The summed E-state index contributed by atoms with van der Waals surface area (Å²) < 4.78 is 1.41. The van der Waals surface area contributed by atoms with Crippen molar-refractivity contribution in [1.82, 2.24) is 9.55 Å². The highest BCUT2D eigenvalue weighted by molar-refractivity contribution is 7.17. The standard InChI is InChI=1S/C25H25N3O2S/c1-5-18-7-9-19(10-8-18)20-13-31-24-22(20)25(30)28(14-26-24)17(4)23(29)27-21-11-6-15(2)12-16(21)3/h6-14,17H,5H2,1-4H3,(H,27,29). The highest BCUT2D eigenvalue weighted by Gasteiger charge is 2.21. The summed E-state index contributed by atoms with van der Waals surface area (Å²) in [6.07, 6.45) is 2.43. The number of benzene rings is 2. The minimum atomic E-state index is -0.694. The van der Waals surface area contributed by atoms with Crippen LogP contribution in [-0.2, 0) is 11.2 Å². The molecule has 1 N–H and O–H groups in total. The molecule has 0 radical (unpaired) electrons.